The molecule has 0 amide bonds. The highest BCUT2D eigenvalue weighted by Crippen LogP contribution is 2.36. The minimum Gasteiger partial charge on any atom is -0.508 e. The van der Waals surface area contributed by atoms with Gasteiger partial charge < -0.3 is 9.67 Å². The molecule has 3 rings (SSSR count). The standard InChI is InChI=1S/C15H15NO/c1-9-8-13(17)10(2)14-11-6-4-5-7-12(11)16(3)15(9)14/h4-8,17H,1-3H3. The van der Waals surface area contributed by atoms with Crippen molar-refractivity contribution in [2.75, 3.05) is 0 Å². The fraction of sp³-hybridized carbons (Fsp3) is 0.200. The van der Waals surface area contributed by atoms with E-state index in [-0.39, 0.29) is 0 Å². The van der Waals surface area contributed by atoms with Crippen LogP contribution in [-0.2, 0) is 7.05 Å². The molecule has 0 aliphatic carbocycles. The molecule has 0 saturated heterocycles. The summed E-state index contributed by atoms with van der Waals surface area (Å²) in [6.45, 7) is 4.02. The number of aromatic nitrogens is 1. The van der Waals surface area contributed by atoms with Gasteiger partial charge in [0.15, 0.2) is 0 Å². The molecule has 0 fully saturated rings. The fourth-order valence-corrected chi connectivity index (χ4v) is 2.74. The summed E-state index contributed by atoms with van der Waals surface area (Å²) in [4.78, 5) is 0. The third kappa shape index (κ3) is 1.21. The van der Waals surface area contributed by atoms with E-state index in [2.05, 4.69) is 23.7 Å². The molecule has 86 valence electrons. The first-order valence-electron chi connectivity index (χ1n) is 5.77. The van der Waals surface area contributed by atoms with Gasteiger partial charge in [0.1, 0.15) is 5.75 Å². The number of phenols is 1. The van der Waals surface area contributed by atoms with Crippen LogP contribution in [0.3, 0.4) is 0 Å². The molecule has 0 atom stereocenters. The topological polar surface area (TPSA) is 25.2 Å². The van der Waals surface area contributed by atoms with E-state index in [4.69, 9.17) is 0 Å². The van der Waals surface area contributed by atoms with Gasteiger partial charge in [-0.05, 0) is 31.5 Å². The number of nitrogens with zero attached hydrogens (tertiary/aromatic N) is 1. The number of rotatable bonds is 0. The first-order chi connectivity index (χ1) is 8.11. The van der Waals surface area contributed by atoms with E-state index in [0.29, 0.717) is 5.75 Å². The fourth-order valence-electron chi connectivity index (χ4n) is 2.74. The van der Waals surface area contributed by atoms with E-state index in [0.717, 1.165) is 11.1 Å². The zero-order valence-electron chi connectivity index (χ0n) is 10.3. The van der Waals surface area contributed by atoms with Crippen molar-refractivity contribution in [3.63, 3.8) is 0 Å². The van der Waals surface area contributed by atoms with Crippen LogP contribution in [0.2, 0.25) is 0 Å². The van der Waals surface area contributed by atoms with E-state index >= 15 is 0 Å². The lowest BCUT2D eigenvalue weighted by Crippen LogP contribution is -1.90. The van der Waals surface area contributed by atoms with Crippen LogP contribution in [-0.4, -0.2) is 9.67 Å². The van der Waals surface area contributed by atoms with Gasteiger partial charge in [0, 0.05) is 28.9 Å². The van der Waals surface area contributed by atoms with Gasteiger partial charge in [0.05, 0.1) is 5.52 Å². The molecule has 0 unspecified atom stereocenters. The van der Waals surface area contributed by atoms with Crippen LogP contribution in [0.25, 0.3) is 21.8 Å². The van der Waals surface area contributed by atoms with Crippen LogP contribution in [0.5, 0.6) is 5.75 Å². The first-order valence-corrected chi connectivity index (χ1v) is 5.77. The zero-order valence-corrected chi connectivity index (χ0v) is 10.3. The lowest BCUT2D eigenvalue weighted by molar-refractivity contribution is 0.472. The van der Waals surface area contributed by atoms with Crippen molar-refractivity contribution in [1.29, 1.82) is 0 Å². The number of hydrogen-bond donors (Lipinski definition) is 1. The normalized spacial score (nSPS) is 11.5. The Kier molecular flexibility index (Phi) is 1.96. The molecule has 1 aromatic heterocycles. The Morgan fingerprint density at radius 1 is 1.12 bits per heavy atom. The molecule has 17 heavy (non-hydrogen) atoms. The highest BCUT2D eigenvalue weighted by Gasteiger charge is 2.14. The molecule has 2 heteroatoms. The van der Waals surface area contributed by atoms with Crippen molar-refractivity contribution in [1.82, 2.24) is 4.57 Å². The van der Waals surface area contributed by atoms with Gasteiger partial charge in [-0.15, -0.1) is 0 Å². The SMILES string of the molecule is Cc1c(O)cc(C)c2c1c1ccccc1n2C. The van der Waals surface area contributed by atoms with E-state index in [1.54, 1.807) is 0 Å². The van der Waals surface area contributed by atoms with Crippen molar-refractivity contribution in [2.45, 2.75) is 13.8 Å². The van der Waals surface area contributed by atoms with Gasteiger partial charge in [0.2, 0.25) is 0 Å². The van der Waals surface area contributed by atoms with Crippen LogP contribution in [0.4, 0.5) is 0 Å². The molecule has 1 N–H and O–H groups in total. The maximum atomic E-state index is 9.96. The summed E-state index contributed by atoms with van der Waals surface area (Å²) >= 11 is 0. The predicted octanol–water partition coefficient (Wildman–Crippen LogP) is 3.65. The van der Waals surface area contributed by atoms with Gasteiger partial charge in [-0.1, -0.05) is 18.2 Å². The van der Waals surface area contributed by atoms with Crippen molar-refractivity contribution in [3.8, 4) is 5.75 Å². The number of para-hydroxylation sites is 1. The Labute approximate surface area is 100 Å². The number of aryl methyl sites for hydroxylation is 3. The Balaban J connectivity index is 2.72. The van der Waals surface area contributed by atoms with Crippen molar-refractivity contribution >= 4 is 21.8 Å². The van der Waals surface area contributed by atoms with Crippen molar-refractivity contribution < 1.29 is 5.11 Å². The summed E-state index contributed by atoms with van der Waals surface area (Å²) in [5.41, 5.74) is 4.49. The number of fused-ring (bicyclic) bond motifs is 3. The van der Waals surface area contributed by atoms with E-state index in [9.17, 15) is 5.11 Å². The highest BCUT2D eigenvalue weighted by atomic mass is 16.3. The summed E-state index contributed by atoms with van der Waals surface area (Å²) < 4.78 is 2.20. The number of benzene rings is 2. The molecule has 0 bridgehead atoms. The second-order valence-corrected chi connectivity index (χ2v) is 4.64. The Bertz CT molecular complexity index is 738. The summed E-state index contributed by atoms with van der Waals surface area (Å²) in [6, 6.07) is 10.2. The number of aromatic hydroxyl groups is 1. The van der Waals surface area contributed by atoms with Crippen LogP contribution < -0.4 is 0 Å². The minimum absolute atomic E-state index is 0.381. The molecule has 0 saturated carbocycles. The smallest absolute Gasteiger partial charge is 0.119 e. The molecule has 2 aromatic carbocycles. The second kappa shape index (κ2) is 3.27. The molecule has 0 aliphatic rings. The van der Waals surface area contributed by atoms with Gasteiger partial charge >= 0.3 is 0 Å². The van der Waals surface area contributed by atoms with Crippen LogP contribution in [0.1, 0.15) is 11.1 Å². The molecule has 0 aliphatic heterocycles. The molecular weight excluding hydrogens is 210 g/mol. The summed E-state index contributed by atoms with van der Waals surface area (Å²) in [7, 11) is 2.08. The van der Waals surface area contributed by atoms with Gasteiger partial charge in [-0.25, -0.2) is 0 Å². The lowest BCUT2D eigenvalue weighted by atomic mass is 10.0. The largest absolute Gasteiger partial charge is 0.508 e. The Morgan fingerprint density at radius 2 is 1.82 bits per heavy atom. The molecule has 0 radical (unpaired) electrons. The van der Waals surface area contributed by atoms with Crippen LogP contribution >= 0.6 is 0 Å². The molecule has 2 nitrogen and oxygen atoms in total. The van der Waals surface area contributed by atoms with Crippen molar-refractivity contribution in [3.05, 3.63) is 41.5 Å². The second-order valence-electron chi connectivity index (χ2n) is 4.64. The zero-order chi connectivity index (χ0) is 12.2. The number of phenolic OH excluding ortho intramolecular Hbond substituents is 1. The van der Waals surface area contributed by atoms with Crippen LogP contribution in [0.15, 0.2) is 30.3 Å². The molecule has 1 heterocycles. The minimum atomic E-state index is 0.381. The third-order valence-electron chi connectivity index (χ3n) is 3.59. The van der Waals surface area contributed by atoms with E-state index in [1.807, 2.05) is 32.0 Å². The van der Waals surface area contributed by atoms with Gasteiger partial charge in [0.25, 0.3) is 0 Å². The molecular formula is C15H15NO. The van der Waals surface area contributed by atoms with E-state index < -0.39 is 0 Å². The first kappa shape index (κ1) is 10.2. The maximum absolute atomic E-state index is 9.96. The highest BCUT2D eigenvalue weighted by molar-refractivity contribution is 6.11. The van der Waals surface area contributed by atoms with Gasteiger partial charge in [-0.2, -0.15) is 0 Å². The average molecular weight is 225 g/mol. The predicted molar refractivity (Wildman–Crippen MR) is 71.6 cm³/mol. The Hall–Kier alpha value is -1.96. The summed E-state index contributed by atoms with van der Waals surface area (Å²) in [5, 5.41) is 12.3. The maximum Gasteiger partial charge on any atom is 0.119 e. The molecule has 3 aromatic rings. The lowest BCUT2D eigenvalue weighted by Gasteiger charge is -2.06. The van der Waals surface area contributed by atoms with Crippen LogP contribution in [0, 0.1) is 13.8 Å². The molecule has 0 spiro atoms. The van der Waals surface area contributed by atoms with Gasteiger partial charge in [-0.3, -0.25) is 0 Å². The van der Waals surface area contributed by atoms with E-state index in [1.165, 1.54) is 21.8 Å². The summed E-state index contributed by atoms with van der Waals surface area (Å²) in [6.07, 6.45) is 0. The summed E-state index contributed by atoms with van der Waals surface area (Å²) in [5.74, 6) is 0.381. The Morgan fingerprint density at radius 3 is 2.59 bits per heavy atom. The average Bonchev–Trinajstić information content (AvgIpc) is 2.61. The quantitative estimate of drug-likeness (QED) is 0.620. The van der Waals surface area contributed by atoms with Crippen molar-refractivity contribution in [2.24, 2.45) is 7.05 Å². The number of hydrogen-bond acceptors (Lipinski definition) is 1. The third-order valence-corrected chi connectivity index (χ3v) is 3.59. The monoisotopic (exact) mass is 225 g/mol.